The van der Waals surface area contributed by atoms with E-state index in [1.165, 1.54) is 12.1 Å². The molecule has 112 valence electrons. The van der Waals surface area contributed by atoms with Gasteiger partial charge in [0.05, 0.1) is 4.92 Å². The van der Waals surface area contributed by atoms with Crippen LogP contribution in [0.15, 0.2) is 30.6 Å². The number of nitrogen functional groups attached to an aromatic ring is 2. The van der Waals surface area contributed by atoms with Crippen molar-refractivity contribution in [3.05, 3.63) is 46.3 Å². The quantitative estimate of drug-likeness (QED) is 0.325. The van der Waals surface area contributed by atoms with Gasteiger partial charge in [-0.3, -0.25) is 10.1 Å². The van der Waals surface area contributed by atoms with Crippen molar-refractivity contribution in [2.45, 2.75) is 6.54 Å². The minimum atomic E-state index is -0.511. The first-order valence-electron chi connectivity index (χ1n) is 6.41. The van der Waals surface area contributed by atoms with E-state index in [1.54, 1.807) is 18.5 Å². The Balaban J connectivity index is 1.82. The Hall–Kier alpha value is -3.36. The van der Waals surface area contributed by atoms with E-state index >= 15 is 0 Å². The number of nitrogens with one attached hydrogen (secondary N) is 2. The Bertz CT molecular complexity index is 859. The van der Waals surface area contributed by atoms with Crippen LogP contribution in [0.5, 0.6) is 0 Å². The number of rotatable bonds is 4. The lowest BCUT2D eigenvalue weighted by molar-refractivity contribution is -0.383. The van der Waals surface area contributed by atoms with Crippen LogP contribution in [0.2, 0.25) is 0 Å². The normalized spacial score (nSPS) is 10.7. The van der Waals surface area contributed by atoms with Crippen molar-refractivity contribution in [3.63, 3.8) is 0 Å². The lowest BCUT2D eigenvalue weighted by Gasteiger charge is -2.06. The standard InChI is InChI=1S/C13H13N7O2/c14-10-2-1-8(3-11(10)20(21)22)16-4-7-5-17-12-9(7)6-18-13(15)19-12/h1-3,5-6,16H,4,14H2,(H3,15,17,18,19). The smallest absolute Gasteiger partial charge is 0.294 e. The molecule has 0 aliphatic heterocycles. The molecule has 2 aromatic heterocycles. The Morgan fingerprint density at radius 1 is 1.36 bits per heavy atom. The number of aromatic amines is 1. The predicted octanol–water partition coefficient (Wildman–Crippen LogP) is 1.64. The average Bonchev–Trinajstić information content (AvgIpc) is 2.88. The molecule has 2 heterocycles. The summed E-state index contributed by atoms with van der Waals surface area (Å²) in [6.07, 6.45) is 3.42. The second-order valence-corrected chi connectivity index (χ2v) is 4.69. The maximum Gasteiger partial charge on any atom is 0.294 e. The summed E-state index contributed by atoms with van der Waals surface area (Å²) < 4.78 is 0. The van der Waals surface area contributed by atoms with E-state index in [4.69, 9.17) is 11.5 Å². The van der Waals surface area contributed by atoms with Gasteiger partial charge >= 0.3 is 0 Å². The number of H-pyrrole nitrogens is 1. The summed E-state index contributed by atoms with van der Waals surface area (Å²) in [6, 6.07) is 4.59. The van der Waals surface area contributed by atoms with Gasteiger partial charge in [0, 0.05) is 36.1 Å². The summed E-state index contributed by atoms with van der Waals surface area (Å²) in [5.74, 6) is 0.197. The second-order valence-electron chi connectivity index (χ2n) is 4.69. The Morgan fingerprint density at radius 3 is 2.95 bits per heavy atom. The molecular formula is C13H13N7O2. The molecule has 22 heavy (non-hydrogen) atoms. The molecule has 0 atom stereocenters. The summed E-state index contributed by atoms with van der Waals surface area (Å²) in [7, 11) is 0. The topological polar surface area (TPSA) is 149 Å². The van der Waals surface area contributed by atoms with Crippen LogP contribution < -0.4 is 16.8 Å². The van der Waals surface area contributed by atoms with E-state index in [9.17, 15) is 10.1 Å². The SMILES string of the molecule is Nc1ncc2c(CNc3ccc(N)c([N+](=O)[O-])c3)c[nH]c2n1. The van der Waals surface area contributed by atoms with Crippen LogP contribution >= 0.6 is 0 Å². The summed E-state index contributed by atoms with van der Waals surface area (Å²) in [6.45, 7) is 0.453. The van der Waals surface area contributed by atoms with Gasteiger partial charge in [-0.2, -0.15) is 4.98 Å². The van der Waals surface area contributed by atoms with Crippen molar-refractivity contribution in [1.82, 2.24) is 15.0 Å². The molecule has 0 aliphatic carbocycles. The fourth-order valence-electron chi connectivity index (χ4n) is 2.13. The Morgan fingerprint density at radius 2 is 2.18 bits per heavy atom. The lowest BCUT2D eigenvalue weighted by Crippen LogP contribution is -2.01. The summed E-state index contributed by atoms with van der Waals surface area (Å²) >= 11 is 0. The maximum atomic E-state index is 10.9. The number of nitro benzene ring substituents is 1. The van der Waals surface area contributed by atoms with Crippen molar-refractivity contribution in [2.24, 2.45) is 0 Å². The highest BCUT2D eigenvalue weighted by molar-refractivity contribution is 5.80. The summed E-state index contributed by atoms with van der Waals surface area (Å²) in [5, 5.41) is 14.8. The molecule has 0 radical (unpaired) electrons. The largest absolute Gasteiger partial charge is 0.393 e. The van der Waals surface area contributed by atoms with Crippen LogP contribution in [0.3, 0.4) is 0 Å². The number of hydrogen-bond acceptors (Lipinski definition) is 7. The van der Waals surface area contributed by atoms with Gasteiger partial charge in [0.2, 0.25) is 5.95 Å². The second kappa shape index (κ2) is 5.20. The van der Waals surface area contributed by atoms with Gasteiger partial charge in [0.1, 0.15) is 11.3 Å². The highest BCUT2D eigenvalue weighted by Crippen LogP contribution is 2.26. The Labute approximate surface area is 124 Å². The molecule has 9 nitrogen and oxygen atoms in total. The number of aromatic nitrogens is 3. The van der Waals surface area contributed by atoms with Gasteiger partial charge in [-0.25, -0.2) is 4.98 Å². The fourth-order valence-corrected chi connectivity index (χ4v) is 2.13. The van der Waals surface area contributed by atoms with E-state index in [0.29, 0.717) is 17.9 Å². The van der Waals surface area contributed by atoms with Crippen molar-refractivity contribution in [1.29, 1.82) is 0 Å². The van der Waals surface area contributed by atoms with E-state index in [2.05, 4.69) is 20.3 Å². The van der Waals surface area contributed by atoms with Crippen LogP contribution in [0.1, 0.15) is 5.56 Å². The Kier molecular flexibility index (Phi) is 3.22. The third kappa shape index (κ3) is 2.46. The highest BCUT2D eigenvalue weighted by atomic mass is 16.6. The van der Waals surface area contributed by atoms with Crippen LogP contribution in [-0.4, -0.2) is 19.9 Å². The molecule has 0 fully saturated rings. The molecule has 0 bridgehead atoms. The average molecular weight is 299 g/mol. The molecule has 0 amide bonds. The molecular weight excluding hydrogens is 286 g/mol. The van der Waals surface area contributed by atoms with Crippen molar-refractivity contribution in [3.8, 4) is 0 Å². The number of fused-ring (bicyclic) bond motifs is 1. The summed E-state index contributed by atoms with van der Waals surface area (Å²) in [5.41, 5.74) is 13.3. The number of nitrogens with zero attached hydrogens (tertiary/aromatic N) is 3. The monoisotopic (exact) mass is 299 g/mol. The first kappa shape index (κ1) is 13.6. The molecule has 0 unspecified atom stereocenters. The first-order chi connectivity index (χ1) is 10.5. The van der Waals surface area contributed by atoms with Crippen LogP contribution in [0.4, 0.5) is 23.0 Å². The molecule has 1 aromatic carbocycles. The van der Waals surface area contributed by atoms with Gasteiger partial charge in [-0.1, -0.05) is 0 Å². The van der Waals surface area contributed by atoms with E-state index < -0.39 is 4.92 Å². The summed E-state index contributed by atoms with van der Waals surface area (Å²) in [4.78, 5) is 21.4. The number of nitrogens with two attached hydrogens (primary N) is 2. The fraction of sp³-hybridized carbons (Fsp3) is 0.0769. The van der Waals surface area contributed by atoms with Crippen LogP contribution in [0, 0.1) is 10.1 Å². The number of benzene rings is 1. The van der Waals surface area contributed by atoms with Crippen LogP contribution in [-0.2, 0) is 6.54 Å². The minimum Gasteiger partial charge on any atom is -0.393 e. The van der Waals surface area contributed by atoms with Gasteiger partial charge in [-0.05, 0) is 17.7 Å². The first-order valence-corrected chi connectivity index (χ1v) is 6.41. The third-order valence-electron chi connectivity index (χ3n) is 3.25. The zero-order chi connectivity index (χ0) is 15.7. The van der Waals surface area contributed by atoms with Gasteiger partial charge < -0.3 is 21.8 Å². The number of anilines is 3. The molecule has 6 N–H and O–H groups in total. The highest BCUT2D eigenvalue weighted by Gasteiger charge is 2.12. The molecule has 3 rings (SSSR count). The van der Waals surface area contributed by atoms with Crippen molar-refractivity contribution < 1.29 is 4.92 Å². The van der Waals surface area contributed by atoms with Gasteiger partial charge in [-0.15, -0.1) is 0 Å². The zero-order valence-electron chi connectivity index (χ0n) is 11.4. The third-order valence-corrected chi connectivity index (χ3v) is 3.25. The zero-order valence-corrected chi connectivity index (χ0v) is 11.4. The van der Waals surface area contributed by atoms with Gasteiger partial charge in [0.25, 0.3) is 5.69 Å². The molecule has 3 aromatic rings. The number of hydrogen-bond donors (Lipinski definition) is 4. The van der Waals surface area contributed by atoms with Crippen LogP contribution in [0.25, 0.3) is 11.0 Å². The van der Waals surface area contributed by atoms with E-state index in [-0.39, 0.29) is 17.3 Å². The van der Waals surface area contributed by atoms with Gasteiger partial charge in [0.15, 0.2) is 0 Å². The van der Waals surface area contributed by atoms with E-state index in [1.807, 2.05) is 0 Å². The molecule has 9 heteroatoms. The molecule has 0 saturated heterocycles. The minimum absolute atomic E-state index is 0.125. The number of nitro groups is 1. The van der Waals surface area contributed by atoms with E-state index in [0.717, 1.165) is 10.9 Å². The molecule has 0 aliphatic rings. The molecule has 0 saturated carbocycles. The van der Waals surface area contributed by atoms with Crippen molar-refractivity contribution >= 4 is 34.0 Å². The molecule has 0 spiro atoms. The maximum absolute atomic E-state index is 10.9. The predicted molar refractivity (Wildman–Crippen MR) is 83.1 cm³/mol. The lowest BCUT2D eigenvalue weighted by atomic mass is 10.2. The van der Waals surface area contributed by atoms with Crippen molar-refractivity contribution in [2.75, 3.05) is 16.8 Å².